The lowest BCUT2D eigenvalue weighted by Gasteiger charge is -2.28. The molecule has 1 aliphatic carbocycles. The van der Waals surface area contributed by atoms with Crippen LogP contribution < -0.4 is 4.90 Å². The number of hydrogen-bond donors (Lipinski definition) is 0. The SMILES string of the molecule is CC1(C)c2ccccc2-c2ccc(N(c3ccc(-c4cccc5c4oc4cc6ccccc6cc45)cc3)c3cccc(-c4ccccc4)c3)cc21. The van der Waals surface area contributed by atoms with Crippen LogP contribution in [0.5, 0.6) is 0 Å². The zero-order valence-electron chi connectivity index (χ0n) is 28.6. The van der Waals surface area contributed by atoms with Crippen LogP contribution in [-0.4, -0.2) is 0 Å². The highest BCUT2D eigenvalue weighted by atomic mass is 16.3. The van der Waals surface area contributed by atoms with Crippen molar-refractivity contribution in [1.82, 2.24) is 0 Å². The van der Waals surface area contributed by atoms with Gasteiger partial charge in [0, 0.05) is 38.8 Å². The molecule has 242 valence electrons. The molecular weight excluding hydrogens is 619 g/mol. The maximum atomic E-state index is 6.60. The van der Waals surface area contributed by atoms with Crippen molar-refractivity contribution in [2.75, 3.05) is 4.90 Å². The van der Waals surface area contributed by atoms with Gasteiger partial charge in [0.1, 0.15) is 11.2 Å². The molecule has 2 heteroatoms. The van der Waals surface area contributed by atoms with E-state index in [9.17, 15) is 0 Å². The molecule has 0 amide bonds. The Morgan fingerprint density at radius 3 is 1.90 bits per heavy atom. The van der Waals surface area contributed by atoms with Crippen LogP contribution in [0.4, 0.5) is 17.1 Å². The Morgan fingerprint density at radius 1 is 0.412 bits per heavy atom. The van der Waals surface area contributed by atoms with E-state index < -0.39 is 0 Å². The second kappa shape index (κ2) is 11.3. The Balaban J connectivity index is 1.11. The molecule has 0 unspecified atom stereocenters. The summed E-state index contributed by atoms with van der Waals surface area (Å²) in [4.78, 5) is 2.39. The molecule has 0 radical (unpaired) electrons. The lowest BCUT2D eigenvalue weighted by atomic mass is 9.82. The molecular formula is C49H35NO. The highest BCUT2D eigenvalue weighted by Gasteiger charge is 2.35. The van der Waals surface area contributed by atoms with Crippen molar-refractivity contribution in [3.05, 3.63) is 187 Å². The first kappa shape index (κ1) is 29.5. The first-order chi connectivity index (χ1) is 25.0. The third-order valence-electron chi connectivity index (χ3n) is 10.8. The fraction of sp³-hybridized carbons (Fsp3) is 0.0612. The van der Waals surface area contributed by atoms with E-state index in [2.05, 4.69) is 195 Å². The van der Waals surface area contributed by atoms with Crippen molar-refractivity contribution < 1.29 is 4.42 Å². The molecule has 51 heavy (non-hydrogen) atoms. The minimum atomic E-state index is -0.0968. The van der Waals surface area contributed by atoms with Gasteiger partial charge in [-0.2, -0.15) is 0 Å². The molecule has 1 heterocycles. The van der Waals surface area contributed by atoms with Crippen LogP contribution in [0.3, 0.4) is 0 Å². The van der Waals surface area contributed by atoms with Crippen molar-refractivity contribution in [2.24, 2.45) is 0 Å². The summed E-state index contributed by atoms with van der Waals surface area (Å²) >= 11 is 0. The van der Waals surface area contributed by atoms with Crippen molar-refractivity contribution in [2.45, 2.75) is 19.3 Å². The van der Waals surface area contributed by atoms with E-state index in [0.717, 1.165) is 50.1 Å². The van der Waals surface area contributed by atoms with Gasteiger partial charge >= 0.3 is 0 Å². The summed E-state index contributed by atoms with van der Waals surface area (Å²) in [5.74, 6) is 0. The second-order valence-corrected chi connectivity index (χ2v) is 14.2. The van der Waals surface area contributed by atoms with E-state index in [1.165, 1.54) is 44.2 Å². The molecule has 1 aliphatic rings. The summed E-state index contributed by atoms with van der Waals surface area (Å²) in [7, 11) is 0. The number of anilines is 3. The molecule has 0 atom stereocenters. The molecule has 0 saturated carbocycles. The van der Waals surface area contributed by atoms with Gasteiger partial charge in [0.15, 0.2) is 0 Å². The summed E-state index contributed by atoms with van der Waals surface area (Å²) < 4.78 is 6.60. The van der Waals surface area contributed by atoms with E-state index in [0.29, 0.717) is 0 Å². The van der Waals surface area contributed by atoms with E-state index in [1.807, 2.05) is 0 Å². The summed E-state index contributed by atoms with van der Waals surface area (Å²) in [6.07, 6.45) is 0. The van der Waals surface area contributed by atoms with Crippen LogP contribution >= 0.6 is 0 Å². The number of furan rings is 1. The highest BCUT2D eigenvalue weighted by Crippen LogP contribution is 2.51. The number of benzene rings is 8. The van der Waals surface area contributed by atoms with Crippen LogP contribution in [0.15, 0.2) is 180 Å². The first-order valence-corrected chi connectivity index (χ1v) is 17.7. The molecule has 0 spiro atoms. The van der Waals surface area contributed by atoms with Crippen molar-refractivity contribution >= 4 is 49.8 Å². The predicted molar refractivity (Wildman–Crippen MR) is 214 cm³/mol. The molecule has 8 aromatic carbocycles. The third kappa shape index (κ3) is 4.71. The normalized spacial score (nSPS) is 13.1. The number of nitrogens with zero attached hydrogens (tertiary/aromatic N) is 1. The Bertz CT molecular complexity index is 2770. The molecule has 0 fully saturated rings. The first-order valence-electron chi connectivity index (χ1n) is 17.7. The Hall–Kier alpha value is -6.38. The van der Waals surface area contributed by atoms with Crippen molar-refractivity contribution in [3.63, 3.8) is 0 Å². The Morgan fingerprint density at radius 2 is 1.06 bits per heavy atom. The van der Waals surface area contributed by atoms with Gasteiger partial charge in [-0.05, 0) is 98.2 Å². The molecule has 9 aromatic rings. The number of rotatable bonds is 5. The monoisotopic (exact) mass is 653 g/mol. The van der Waals surface area contributed by atoms with Gasteiger partial charge in [-0.3, -0.25) is 0 Å². The number of fused-ring (bicyclic) bond motifs is 7. The van der Waals surface area contributed by atoms with E-state index in [-0.39, 0.29) is 5.41 Å². The zero-order valence-corrected chi connectivity index (χ0v) is 28.6. The van der Waals surface area contributed by atoms with Crippen LogP contribution in [0, 0.1) is 0 Å². The lowest BCUT2D eigenvalue weighted by Crippen LogP contribution is -2.16. The van der Waals surface area contributed by atoms with Crippen LogP contribution in [0.1, 0.15) is 25.0 Å². The lowest BCUT2D eigenvalue weighted by molar-refractivity contribution is 0.660. The maximum absolute atomic E-state index is 6.60. The van der Waals surface area contributed by atoms with E-state index in [4.69, 9.17) is 4.42 Å². The molecule has 10 rings (SSSR count). The smallest absolute Gasteiger partial charge is 0.143 e. The Labute approximate surface area is 297 Å². The molecule has 1 aromatic heterocycles. The van der Waals surface area contributed by atoms with Gasteiger partial charge in [0.2, 0.25) is 0 Å². The molecule has 2 nitrogen and oxygen atoms in total. The molecule has 0 aliphatic heterocycles. The van der Waals surface area contributed by atoms with Crippen LogP contribution in [0.2, 0.25) is 0 Å². The quantitative estimate of drug-likeness (QED) is 0.184. The average molecular weight is 654 g/mol. The van der Waals surface area contributed by atoms with Gasteiger partial charge in [-0.15, -0.1) is 0 Å². The maximum Gasteiger partial charge on any atom is 0.143 e. The van der Waals surface area contributed by atoms with Gasteiger partial charge in [0.05, 0.1) is 0 Å². The summed E-state index contributed by atoms with van der Waals surface area (Å²) in [6.45, 7) is 4.69. The van der Waals surface area contributed by atoms with Gasteiger partial charge in [-0.25, -0.2) is 0 Å². The van der Waals surface area contributed by atoms with Crippen molar-refractivity contribution in [3.8, 4) is 33.4 Å². The fourth-order valence-electron chi connectivity index (χ4n) is 8.23. The van der Waals surface area contributed by atoms with Gasteiger partial charge in [0.25, 0.3) is 0 Å². The van der Waals surface area contributed by atoms with Crippen LogP contribution in [0.25, 0.3) is 66.1 Å². The van der Waals surface area contributed by atoms with Crippen molar-refractivity contribution in [1.29, 1.82) is 0 Å². The summed E-state index contributed by atoms with van der Waals surface area (Å²) in [6, 6.07) is 63.6. The fourth-order valence-corrected chi connectivity index (χ4v) is 8.23. The number of hydrogen-bond acceptors (Lipinski definition) is 2. The minimum absolute atomic E-state index is 0.0968. The zero-order chi connectivity index (χ0) is 34.1. The summed E-state index contributed by atoms with van der Waals surface area (Å²) in [5, 5.41) is 4.69. The van der Waals surface area contributed by atoms with Gasteiger partial charge in [-0.1, -0.05) is 141 Å². The predicted octanol–water partition coefficient (Wildman–Crippen LogP) is 13.8. The van der Waals surface area contributed by atoms with Gasteiger partial charge < -0.3 is 9.32 Å². The second-order valence-electron chi connectivity index (χ2n) is 14.2. The van der Waals surface area contributed by atoms with E-state index >= 15 is 0 Å². The van der Waals surface area contributed by atoms with Crippen LogP contribution in [-0.2, 0) is 5.41 Å². The number of para-hydroxylation sites is 1. The summed E-state index contributed by atoms with van der Waals surface area (Å²) in [5.41, 5.74) is 15.1. The largest absolute Gasteiger partial charge is 0.455 e. The molecule has 0 saturated heterocycles. The average Bonchev–Trinajstić information content (AvgIpc) is 3.66. The molecule has 0 bridgehead atoms. The topological polar surface area (TPSA) is 16.4 Å². The highest BCUT2D eigenvalue weighted by molar-refractivity contribution is 6.13. The minimum Gasteiger partial charge on any atom is -0.455 e. The third-order valence-corrected chi connectivity index (χ3v) is 10.8. The Kier molecular flexibility index (Phi) is 6.56. The standard InChI is InChI=1S/C49H35NO/c1-49(2)45-21-9-8-18-41(45)42-27-26-39(31-46(42)49)50(38-17-10-16-34(28-38)32-12-4-3-5-13-32)37-24-22-33(23-25-37)40-19-11-20-43-44-29-35-14-6-7-15-36(35)30-47(44)51-48(40)43/h3-31H,1-2H3. The van der Waals surface area contributed by atoms with E-state index in [1.54, 1.807) is 0 Å². The molecule has 0 N–H and O–H groups in total.